The minimum atomic E-state index is 0.501. The molecule has 2 nitrogen and oxygen atoms in total. The van der Waals surface area contributed by atoms with Gasteiger partial charge in [-0.3, -0.25) is 0 Å². The van der Waals surface area contributed by atoms with Crippen LogP contribution in [0.4, 0.5) is 0 Å². The van der Waals surface area contributed by atoms with Gasteiger partial charge in [0.2, 0.25) is 0 Å². The van der Waals surface area contributed by atoms with Crippen molar-refractivity contribution in [1.82, 2.24) is 4.90 Å². The lowest BCUT2D eigenvalue weighted by atomic mass is 10.1. The van der Waals surface area contributed by atoms with Crippen molar-refractivity contribution >= 4 is 11.8 Å². The van der Waals surface area contributed by atoms with Crippen molar-refractivity contribution in [2.45, 2.75) is 31.7 Å². The maximum absolute atomic E-state index is 5.94. The molecule has 1 aliphatic heterocycles. The predicted molar refractivity (Wildman–Crippen MR) is 63.7 cm³/mol. The molecule has 0 aromatic heterocycles. The molecule has 2 N–H and O–H groups in total. The van der Waals surface area contributed by atoms with E-state index in [0.717, 1.165) is 5.92 Å². The van der Waals surface area contributed by atoms with E-state index in [9.17, 15) is 0 Å². The van der Waals surface area contributed by atoms with Gasteiger partial charge in [-0.15, -0.1) is 0 Å². The van der Waals surface area contributed by atoms with Gasteiger partial charge in [0, 0.05) is 24.9 Å². The zero-order valence-electron chi connectivity index (χ0n) is 8.95. The number of nitrogens with two attached hydrogens (primary N) is 1. The Bertz CT molecular complexity index is 167. The third kappa shape index (κ3) is 3.14. The normalized spacial score (nSPS) is 35.8. The molecule has 0 aromatic carbocycles. The average Bonchev–Trinajstić information content (AvgIpc) is 2.43. The van der Waals surface area contributed by atoms with Crippen molar-refractivity contribution < 1.29 is 0 Å². The minimum absolute atomic E-state index is 0.501. The number of rotatable bonds is 2. The summed E-state index contributed by atoms with van der Waals surface area (Å²) in [5.41, 5.74) is 5.94. The molecule has 2 atom stereocenters. The molecule has 1 aliphatic carbocycles. The molecule has 14 heavy (non-hydrogen) atoms. The van der Waals surface area contributed by atoms with E-state index in [1.54, 1.807) is 0 Å². The van der Waals surface area contributed by atoms with Crippen LogP contribution >= 0.6 is 11.8 Å². The van der Waals surface area contributed by atoms with Crippen LogP contribution in [-0.4, -0.2) is 42.1 Å². The highest BCUT2D eigenvalue weighted by atomic mass is 32.2. The summed E-state index contributed by atoms with van der Waals surface area (Å²) in [6.45, 7) is 3.93. The molecule has 2 aliphatic rings. The van der Waals surface area contributed by atoms with Gasteiger partial charge in [-0.25, -0.2) is 0 Å². The van der Waals surface area contributed by atoms with E-state index in [1.165, 1.54) is 56.8 Å². The first-order valence-electron chi connectivity index (χ1n) is 5.90. The molecule has 0 aromatic rings. The van der Waals surface area contributed by atoms with Crippen LogP contribution in [0.3, 0.4) is 0 Å². The molecule has 0 bridgehead atoms. The summed E-state index contributed by atoms with van der Waals surface area (Å²) in [7, 11) is 0. The summed E-state index contributed by atoms with van der Waals surface area (Å²) in [6, 6.07) is 0.501. The van der Waals surface area contributed by atoms with Crippen molar-refractivity contribution in [1.29, 1.82) is 0 Å². The molecule has 2 rings (SSSR count). The fraction of sp³-hybridized carbons (Fsp3) is 1.00. The molecule has 2 unspecified atom stereocenters. The Balaban J connectivity index is 1.72. The Morgan fingerprint density at radius 2 is 2.14 bits per heavy atom. The van der Waals surface area contributed by atoms with Crippen molar-refractivity contribution in [3.8, 4) is 0 Å². The van der Waals surface area contributed by atoms with Crippen LogP contribution in [0.2, 0.25) is 0 Å². The Labute approximate surface area is 91.6 Å². The smallest absolute Gasteiger partial charge is 0.00725 e. The fourth-order valence-corrected chi connectivity index (χ4v) is 3.55. The monoisotopic (exact) mass is 214 g/mol. The number of hydrogen-bond acceptors (Lipinski definition) is 3. The Kier molecular flexibility index (Phi) is 4.14. The van der Waals surface area contributed by atoms with Crippen LogP contribution in [0.5, 0.6) is 0 Å². The number of thioether (sulfide) groups is 1. The zero-order valence-corrected chi connectivity index (χ0v) is 9.77. The van der Waals surface area contributed by atoms with Crippen LogP contribution in [0, 0.1) is 5.92 Å². The van der Waals surface area contributed by atoms with Gasteiger partial charge in [0.25, 0.3) is 0 Å². The van der Waals surface area contributed by atoms with Crippen molar-refractivity contribution in [3.63, 3.8) is 0 Å². The van der Waals surface area contributed by atoms with Crippen LogP contribution in [0.15, 0.2) is 0 Å². The van der Waals surface area contributed by atoms with E-state index >= 15 is 0 Å². The van der Waals surface area contributed by atoms with Gasteiger partial charge in [0.05, 0.1) is 0 Å². The second kappa shape index (κ2) is 5.38. The summed E-state index contributed by atoms with van der Waals surface area (Å²) < 4.78 is 0. The van der Waals surface area contributed by atoms with Gasteiger partial charge in [-0.05, 0) is 43.9 Å². The molecule has 0 spiro atoms. The SMILES string of the molecule is NC1CCC(CN2CCCSCC2)C1. The van der Waals surface area contributed by atoms with Crippen LogP contribution in [0.1, 0.15) is 25.7 Å². The topological polar surface area (TPSA) is 29.3 Å². The van der Waals surface area contributed by atoms with Gasteiger partial charge in [-0.2, -0.15) is 11.8 Å². The van der Waals surface area contributed by atoms with Crippen LogP contribution in [0.25, 0.3) is 0 Å². The molecule has 1 heterocycles. The summed E-state index contributed by atoms with van der Waals surface area (Å²) in [5.74, 6) is 3.59. The molecule has 1 saturated carbocycles. The van der Waals surface area contributed by atoms with Gasteiger partial charge in [0.1, 0.15) is 0 Å². The van der Waals surface area contributed by atoms with Crippen LogP contribution < -0.4 is 5.73 Å². The molecule has 82 valence electrons. The summed E-state index contributed by atoms with van der Waals surface area (Å²) in [5, 5.41) is 0. The maximum atomic E-state index is 5.94. The van der Waals surface area contributed by atoms with Crippen LogP contribution in [-0.2, 0) is 0 Å². The maximum Gasteiger partial charge on any atom is 0.00725 e. The van der Waals surface area contributed by atoms with E-state index in [-0.39, 0.29) is 0 Å². The zero-order chi connectivity index (χ0) is 9.80. The molecule has 3 heteroatoms. The van der Waals surface area contributed by atoms with E-state index < -0.39 is 0 Å². The van der Waals surface area contributed by atoms with E-state index in [0.29, 0.717) is 6.04 Å². The van der Waals surface area contributed by atoms with Gasteiger partial charge in [0.15, 0.2) is 0 Å². The molecule has 1 saturated heterocycles. The molecular weight excluding hydrogens is 192 g/mol. The van der Waals surface area contributed by atoms with Crippen molar-refractivity contribution in [3.05, 3.63) is 0 Å². The minimum Gasteiger partial charge on any atom is -0.328 e. The van der Waals surface area contributed by atoms with Gasteiger partial charge in [-0.1, -0.05) is 0 Å². The first kappa shape index (κ1) is 10.8. The number of hydrogen-bond donors (Lipinski definition) is 1. The Hall–Kier alpha value is 0.270. The largest absolute Gasteiger partial charge is 0.328 e. The van der Waals surface area contributed by atoms with E-state index in [2.05, 4.69) is 16.7 Å². The highest BCUT2D eigenvalue weighted by molar-refractivity contribution is 7.99. The highest BCUT2D eigenvalue weighted by Crippen LogP contribution is 2.25. The van der Waals surface area contributed by atoms with Crippen molar-refractivity contribution in [2.24, 2.45) is 11.7 Å². The molecule has 2 fully saturated rings. The third-order valence-electron chi connectivity index (χ3n) is 3.41. The number of nitrogens with zero attached hydrogens (tertiary/aromatic N) is 1. The van der Waals surface area contributed by atoms with E-state index in [1.807, 2.05) is 0 Å². The Morgan fingerprint density at radius 3 is 2.93 bits per heavy atom. The summed E-state index contributed by atoms with van der Waals surface area (Å²) in [4.78, 5) is 2.66. The molecular formula is C11H22N2S. The molecule has 0 amide bonds. The summed E-state index contributed by atoms with van der Waals surface area (Å²) >= 11 is 2.11. The van der Waals surface area contributed by atoms with Gasteiger partial charge >= 0.3 is 0 Å². The lowest BCUT2D eigenvalue weighted by Gasteiger charge is -2.23. The predicted octanol–water partition coefficient (Wildman–Crippen LogP) is 1.55. The molecule has 0 radical (unpaired) electrons. The average molecular weight is 214 g/mol. The summed E-state index contributed by atoms with van der Waals surface area (Å²) in [6.07, 6.45) is 5.27. The lowest BCUT2D eigenvalue weighted by molar-refractivity contribution is 0.247. The Morgan fingerprint density at radius 1 is 1.21 bits per heavy atom. The first-order valence-corrected chi connectivity index (χ1v) is 7.06. The second-order valence-corrected chi connectivity index (χ2v) is 5.93. The second-order valence-electron chi connectivity index (χ2n) is 4.71. The van der Waals surface area contributed by atoms with E-state index in [4.69, 9.17) is 5.73 Å². The fourth-order valence-electron chi connectivity index (χ4n) is 2.62. The van der Waals surface area contributed by atoms with Crippen molar-refractivity contribution in [2.75, 3.05) is 31.1 Å². The van der Waals surface area contributed by atoms with Gasteiger partial charge < -0.3 is 10.6 Å². The highest BCUT2D eigenvalue weighted by Gasteiger charge is 2.23. The quantitative estimate of drug-likeness (QED) is 0.756. The first-order chi connectivity index (χ1) is 6.84. The third-order valence-corrected chi connectivity index (χ3v) is 4.46. The lowest BCUT2D eigenvalue weighted by Crippen LogP contribution is -2.31. The standard InChI is InChI=1S/C11H22N2S/c12-11-3-2-10(8-11)9-13-4-1-6-14-7-5-13/h10-11H,1-9,12H2.